The highest BCUT2D eigenvalue weighted by molar-refractivity contribution is 7.88. The van der Waals surface area contributed by atoms with Crippen LogP contribution < -0.4 is 4.72 Å². The summed E-state index contributed by atoms with van der Waals surface area (Å²) < 4.78 is 75.3. The Hall–Kier alpha value is -2.43. The van der Waals surface area contributed by atoms with E-state index in [0.29, 0.717) is 25.5 Å². The molecule has 3 aliphatic rings. The molecule has 1 aliphatic carbocycles. The number of likely N-dealkylation sites (tertiary alicyclic amines) is 1. The first-order valence-corrected chi connectivity index (χ1v) is 13.1. The maximum atomic E-state index is 15.6. The van der Waals surface area contributed by atoms with Gasteiger partial charge in [0, 0.05) is 30.1 Å². The van der Waals surface area contributed by atoms with Gasteiger partial charge in [0.25, 0.3) is 5.91 Å². The number of halogens is 3. The summed E-state index contributed by atoms with van der Waals surface area (Å²) in [4.78, 5) is 14.9. The molecule has 5 rings (SSSR count). The molecule has 2 aromatic rings. The van der Waals surface area contributed by atoms with Crippen molar-refractivity contribution in [1.82, 2.24) is 9.62 Å². The molecule has 10 heteroatoms. The molecule has 2 aliphatic heterocycles. The summed E-state index contributed by atoms with van der Waals surface area (Å²) in [6.07, 6.45) is 2.46. The molecule has 0 bridgehead atoms. The number of amides is 1. The number of hydrogen-bond acceptors (Lipinski definition) is 4. The summed E-state index contributed by atoms with van der Waals surface area (Å²) in [6.45, 7) is 0.495. The van der Waals surface area contributed by atoms with E-state index in [1.54, 1.807) is 17.0 Å². The van der Waals surface area contributed by atoms with E-state index >= 15 is 4.39 Å². The number of carbonyl (C=O) groups excluding carboxylic acids is 1. The summed E-state index contributed by atoms with van der Waals surface area (Å²) in [5.74, 6) is -2.31. The molecule has 2 aromatic carbocycles. The maximum Gasteiger partial charge on any atom is 0.252 e. The maximum absolute atomic E-state index is 15.6. The third-order valence-corrected chi connectivity index (χ3v) is 7.63. The smallest absolute Gasteiger partial charge is 0.252 e. The van der Waals surface area contributed by atoms with Crippen molar-refractivity contribution < 1.29 is 31.1 Å². The Balaban J connectivity index is 1.51. The van der Waals surface area contributed by atoms with E-state index < -0.39 is 45.7 Å². The number of ether oxygens (including phenoxy) is 1. The number of piperidine rings is 1. The highest BCUT2D eigenvalue weighted by atomic mass is 32.2. The first kappa shape index (κ1) is 23.3. The van der Waals surface area contributed by atoms with Crippen LogP contribution in [0, 0.1) is 23.4 Å². The molecule has 182 valence electrons. The third-order valence-electron chi connectivity index (χ3n) is 6.90. The average Bonchev–Trinajstić information content (AvgIpc) is 3.45. The van der Waals surface area contributed by atoms with E-state index in [1.165, 1.54) is 6.07 Å². The Morgan fingerprint density at radius 3 is 2.47 bits per heavy atom. The molecule has 5 atom stereocenters. The third kappa shape index (κ3) is 4.58. The first-order valence-electron chi connectivity index (χ1n) is 11.3. The predicted octanol–water partition coefficient (Wildman–Crippen LogP) is 3.01. The number of hydrogen-bond donors (Lipinski definition) is 1. The van der Waals surface area contributed by atoms with Gasteiger partial charge in [-0.2, -0.15) is 0 Å². The number of nitrogens with zero attached hydrogens (tertiary/aromatic N) is 1. The normalized spacial score (nSPS) is 28.2. The molecule has 2 heterocycles. The van der Waals surface area contributed by atoms with Crippen molar-refractivity contribution in [2.45, 2.75) is 49.9 Å². The summed E-state index contributed by atoms with van der Waals surface area (Å²) in [5, 5.41) is 0. The van der Waals surface area contributed by atoms with Crippen LogP contribution in [0.25, 0.3) is 11.1 Å². The molecule has 1 N–H and O–H groups in total. The zero-order valence-corrected chi connectivity index (χ0v) is 19.3. The molecule has 34 heavy (non-hydrogen) atoms. The molecule has 0 unspecified atom stereocenters. The van der Waals surface area contributed by atoms with Gasteiger partial charge in [-0.1, -0.05) is 18.2 Å². The summed E-state index contributed by atoms with van der Waals surface area (Å²) in [6, 6.07) is 6.16. The number of fused-ring (bicyclic) bond motifs is 1. The van der Waals surface area contributed by atoms with Gasteiger partial charge in [0.1, 0.15) is 23.6 Å². The van der Waals surface area contributed by atoms with Crippen LogP contribution in [0.1, 0.15) is 24.8 Å². The predicted molar refractivity (Wildman–Crippen MR) is 119 cm³/mol. The molecule has 0 spiro atoms. The van der Waals surface area contributed by atoms with Crippen LogP contribution in [0.15, 0.2) is 36.4 Å². The molecule has 0 aromatic heterocycles. The molecule has 3 fully saturated rings. The van der Waals surface area contributed by atoms with Crippen LogP contribution in [0.4, 0.5) is 13.2 Å². The Morgan fingerprint density at radius 2 is 1.85 bits per heavy atom. The Labute approximate surface area is 196 Å². The quantitative estimate of drug-likeness (QED) is 0.670. The van der Waals surface area contributed by atoms with Gasteiger partial charge < -0.3 is 9.64 Å². The van der Waals surface area contributed by atoms with Gasteiger partial charge in [-0.05, 0) is 48.4 Å². The fourth-order valence-electron chi connectivity index (χ4n) is 5.21. The van der Waals surface area contributed by atoms with E-state index in [2.05, 4.69) is 4.72 Å². The second-order valence-electron chi connectivity index (χ2n) is 9.40. The first-order chi connectivity index (χ1) is 16.1. The summed E-state index contributed by atoms with van der Waals surface area (Å²) in [7, 11) is -3.58. The van der Waals surface area contributed by atoms with E-state index in [4.69, 9.17) is 4.74 Å². The summed E-state index contributed by atoms with van der Waals surface area (Å²) in [5.41, 5.74) is 0.326. The Kier molecular flexibility index (Phi) is 5.94. The van der Waals surface area contributed by atoms with Gasteiger partial charge in [0.15, 0.2) is 0 Å². The minimum absolute atomic E-state index is 0.0251. The van der Waals surface area contributed by atoms with Gasteiger partial charge in [-0.15, -0.1) is 0 Å². The van der Waals surface area contributed by atoms with Crippen molar-refractivity contribution in [2.75, 3.05) is 12.9 Å². The van der Waals surface area contributed by atoms with E-state index in [-0.39, 0.29) is 41.0 Å². The highest BCUT2D eigenvalue weighted by Gasteiger charge is 2.55. The zero-order chi connectivity index (χ0) is 24.2. The molecule has 6 nitrogen and oxygen atoms in total. The monoisotopic (exact) mass is 494 g/mol. The van der Waals surface area contributed by atoms with Crippen molar-refractivity contribution in [2.24, 2.45) is 5.92 Å². The van der Waals surface area contributed by atoms with Crippen molar-refractivity contribution in [3.8, 4) is 11.1 Å². The lowest BCUT2D eigenvalue weighted by molar-refractivity contribution is -0.161. The van der Waals surface area contributed by atoms with Crippen LogP contribution >= 0.6 is 0 Å². The lowest BCUT2D eigenvalue weighted by Gasteiger charge is -2.44. The van der Waals surface area contributed by atoms with Gasteiger partial charge >= 0.3 is 0 Å². The lowest BCUT2D eigenvalue weighted by Crippen LogP contribution is -2.61. The number of carbonyl (C=O) groups is 1. The fraction of sp³-hybridized carbons (Fsp3) is 0.458. The van der Waals surface area contributed by atoms with Crippen molar-refractivity contribution >= 4 is 15.9 Å². The van der Waals surface area contributed by atoms with Crippen molar-refractivity contribution in [3.63, 3.8) is 0 Å². The topological polar surface area (TPSA) is 75.7 Å². The molecular weight excluding hydrogens is 469 g/mol. The SMILES string of the molecule is CS(=O)(=O)N[C@H]1C[C@@H]2C[C@@H]2N(C(=O)[C@H]2CCO2)[C@H]1Cc1cccc(-c2cc(F)cc(F)c2)c1F. The van der Waals surface area contributed by atoms with Gasteiger partial charge in [0.2, 0.25) is 10.0 Å². The van der Waals surface area contributed by atoms with Crippen LogP contribution in [0.5, 0.6) is 0 Å². The number of rotatable bonds is 6. The van der Waals surface area contributed by atoms with Crippen LogP contribution in [0.2, 0.25) is 0 Å². The van der Waals surface area contributed by atoms with E-state index in [9.17, 15) is 22.0 Å². The van der Waals surface area contributed by atoms with E-state index in [0.717, 1.165) is 24.8 Å². The second-order valence-corrected chi connectivity index (χ2v) is 11.2. The van der Waals surface area contributed by atoms with Gasteiger partial charge in [0.05, 0.1) is 18.9 Å². The minimum atomic E-state index is -3.58. The molecule has 0 radical (unpaired) electrons. The van der Waals surface area contributed by atoms with Crippen molar-refractivity contribution in [1.29, 1.82) is 0 Å². The number of sulfonamides is 1. The molecule has 2 saturated heterocycles. The second kappa shape index (κ2) is 8.66. The van der Waals surface area contributed by atoms with Crippen LogP contribution in [0.3, 0.4) is 0 Å². The fourth-order valence-corrected chi connectivity index (χ4v) is 6.01. The highest BCUT2D eigenvalue weighted by Crippen LogP contribution is 2.47. The van der Waals surface area contributed by atoms with Gasteiger partial charge in [-0.3, -0.25) is 4.79 Å². The molecule has 1 saturated carbocycles. The largest absolute Gasteiger partial charge is 0.368 e. The van der Waals surface area contributed by atoms with Gasteiger partial charge in [-0.25, -0.2) is 26.3 Å². The lowest BCUT2D eigenvalue weighted by atomic mass is 9.89. The van der Waals surface area contributed by atoms with Crippen LogP contribution in [-0.2, 0) is 26.0 Å². The van der Waals surface area contributed by atoms with Crippen LogP contribution in [-0.4, -0.2) is 56.3 Å². The van der Waals surface area contributed by atoms with E-state index in [1.807, 2.05) is 0 Å². The number of nitrogens with one attached hydrogen (secondary N) is 1. The standard InChI is InChI=1S/C24H25F3N2O4S/c1-34(31,32)28-19-9-15-11-20(15)29(24(30)22-5-6-33-22)21(19)10-13-3-2-4-18(23(13)27)14-7-16(25)12-17(26)8-14/h2-4,7-8,12,15,19-22,28H,5-6,9-11H2,1H3/t15-,19+,20+,21+,22-/m1/s1. The van der Waals surface area contributed by atoms with Crippen molar-refractivity contribution in [3.05, 3.63) is 59.4 Å². The minimum Gasteiger partial charge on any atom is -0.368 e. The zero-order valence-electron chi connectivity index (χ0n) is 18.5. The average molecular weight is 495 g/mol. The Bertz CT molecular complexity index is 1210. The molecule has 1 amide bonds. The Morgan fingerprint density at radius 1 is 1.15 bits per heavy atom. The molecular formula is C24H25F3N2O4S. The number of benzene rings is 2. The summed E-state index contributed by atoms with van der Waals surface area (Å²) >= 11 is 0.